The third kappa shape index (κ3) is 41.4. The first-order chi connectivity index (χ1) is 22.6. The van der Waals surface area contributed by atoms with Crippen LogP contribution in [0.1, 0.15) is 52.4 Å². The summed E-state index contributed by atoms with van der Waals surface area (Å²) in [6, 6.07) is 0. The minimum atomic E-state index is -0.954. The molecule has 19 N–H and O–H groups in total. The van der Waals surface area contributed by atoms with Crippen molar-refractivity contribution >= 4 is 0 Å². The quantitative estimate of drug-likeness (QED) is 0.0489. The van der Waals surface area contributed by atoms with E-state index >= 15 is 0 Å². The van der Waals surface area contributed by atoms with Crippen molar-refractivity contribution < 1.29 is 97.0 Å². The summed E-state index contributed by atoms with van der Waals surface area (Å²) in [4.78, 5) is 0. The molecule has 0 aromatic rings. The number of rotatable bonds is 21. The van der Waals surface area contributed by atoms with Gasteiger partial charge in [0.1, 0.15) is 18.3 Å². The van der Waals surface area contributed by atoms with Crippen molar-refractivity contribution in [3.8, 4) is 0 Å². The normalized spacial score (nSPS) is 12.2. The summed E-state index contributed by atoms with van der Waals surface area (Å²) in [5, 5.41) is 159. The number of hydrogen-bond donors (Lipinski definition) is 19. The molecular weight excluding hydrogens is 652 g/mol. The van der Waals surface area contributed by atoms with Crippen LogP contribution in [-0.4, -0.2) is 220 Å². The zero-order valence-corrected chi connectivity index (χ0v) is 28.5. The molecule has 0 aromatic heterocycles. The first kappa shape index (κ1) is 59.4. The van der Waals surface area contributed by atoms with Gasteiger partial charge in [-0.05, 0) is 25.7 Å². The van der Waals surface area contributed by atoms with Crippen LogP contribution in [-0.2, 0) is 0 Å². The first-order valence-corrected chi connectivity index (χ1v) is 15.5. The van der Waals surface area contributed by atoms with E-state index in [2.05, 4.69) is 0 Å². The highest BCUT2D eigenvalue weighted by Crippen LogP contribution is 2.19. The maximum Gasteiger partial charge on any atom is 0.100 e. The van der Waals surface area contributed by atoms with Crippen LogP contribution in [0.4, 0.5) is 0 Å². The second kappa shape index (κ2) is 44.3. The van der Waals surface area contributed by atoms with Crippen LogP contribution in [0.2, 0.25) is 0 Å². The SMILES string of the molecule is CCC(CO)(CO)CO.CCC(CO)(CO)CO.OCC(O)CCCCC(O)CO.OCC(O)CO.OCC(O)CO.OCC(O)CO. The molecule has 0 aliphatic rings. The Bertz CT molecular complexity index is 454. The average Bonchev–Trinajstić information content (AvgIpc) is 3.15. The van der Waals surface area contributed by atoms with E-state index in [1.807, 2.05) is 13.8 Å². The molecule has 0 saturated carbocycles. The van der Waals surface area contributed by atoms with E-state index in [1.165, 1.54) is 0 Å². The van der Waals surface area contributed by atoms with Crippen LogP contribution in [0, 0.1) is 10.8 Å². The highest BCUT2D eigenvalue weighted by atomic mass is 16.4. The zero-order valence-electron chi connectivity index (χ0n) is 28.5. The molecule has 0 heterocycles. The molecular formula is C29H70O19. The minimum Gasteiger partial charge on any atom is -0.396 e. The molecule has 2 atom stereocenters. The highest BCUT2D eigenvalue weighted by molar-refractivity contribution is 4.74. The Morgan fingerprint density at radius 3 is 0.542 bits per heavy atom. The number of aliphatic hydroxyl groups is 19. The van der Waals surface area contributed by atoms with Gasteiger partial charge in [0, 0.05) is 10.8 Å². The Morgan fingerprint density at radius 2 is 0.479 bits per heavy atom. The van der Waals surface area contributed by atoms with E-state index in [0.29, 0.717) is 25.7 Å². The third-order valence-electron chi connectivity index (χ3n) is 6.52. The first-order valence-electron chi connectivity index (χ1n) is 15.5. The van der Waals surface area contributed by atoms with Crippen molar-refractivity contribution in [3.05, 3.63) is 0 Å². The molecule has 19 nitrogen and oxygen atoms in total. The fourth-order valence-corrected chi connectivity index (χ4v) is 2.09. The van der Waals surface area contributed by atoms with E-state index in [1.54, 1.807) is 0 Å². The summed E-state index contributed by atoms with van der Waals surface area (Å²) in [7, 11) is 0. The average molecular weight is 723 g/mol. The van der Waals surface area contributed by atoms with Crippen molar-refractivity contribution in [1.82, 2.24) is 0 Å². The Balaban J connectivity index is -0.000000113. The summed E-state index contributed by atoms with van der Waals surface area (Å²) < 4.78 is 0. The molecule has 48 heavy (non-hydrogen) atoms. The standard InChI is InChI=1S/C8H18O4.2C6H14O3.3C3H8O3/c9-5-7(11)3-1-2-4-8(12)6-10;2*1-2-6(3-7,4-8)5-9;3*4-1-3(6)2-5/h7-12H,1-6H2;2*7-9H,2-5H2,1H3;3*3-6H,1-2H2. The van der Waals surface area contributed by atoms with Gasteiger partial charge in [-0.25, -0.2) is 0 Å². The van der Waals surface area contributed by atoms with Gasteiger partial charge in [-0.1, -0.05) is 26.7 Å². The molecule has 0 amide bonds. The minimum absolute atomic E-state index is 0.156. The molecule has 300 valence electrons. The lowest BCUT2D eigenvalue weighted by Crippen LogP contribution is -2.32. The van der Waals surface area contributed by atoms with Gasteiger partial charge in [0.2, 0.25) is 0 Å². The molecule has 0 saturated heterocycles. The van der Waals surface area contributed by atoms with Crippen LogP contribution in [0.5, 0.6) is 0 Å². The lowest BCUT2D eigenvalue weighted by Gasteiger charge is -2.24. The molecule has 0 aliphatic carbocycles. The van der Waals surface area contributed by atoms with Crippen LogP contribution in [0.25, 0.3) is 0 Å². The molecule has 2 unspecified atom stereocenters. The van der Waals surface area contributed by atoms with Crippen molar-refractivity contribution in [2.45, 2.75) is 82.9 Å². The van der Waals surface area contributed by atoms with Gasteiger partial charge in [0.05, 0.1) is 105 Å². The number of hydrogen-bond acceptors (Lipinski definition) is 19. The molecule has 0 aliphatic heterocycles. The summed E-state index contributed by atoms with van der Waals surface area (Å²) in [6.07, 6.45) is -0.332. The summed E-state index contributed by atoms with van der Waals surface area (Å²) in [5.74, 6) is 0. The zero-order chi connectivity index (χ0) is 39.0. The van der Waals surface area contributed by atoms with Gasteiger partial charge in [-0.3, -0.25) is 0 Å². The Kier molecular flexibility index (Phi) is 54.8. The Morgan fingerprint density at radius 1 is 0.312 bits per heavy atom. The van der Waals surface area contributed by atoms with E-state index in [0.717, 1.165) is 12.8 Å². The topological polar surface area (TPSA) is 384 Å². The number of unbranched alkanes of at least 4 members (excludes halogenated alkanes) is 1. The molecule has 0 radical (unpaired) electrons. The molecule has 0 aromatic carbocycles. The Labute approximate surface area is 283 Å². The van der Waals surface area contributed by atoms with Crippen LogP contribution in [0.15, 0.2) is 0 Å². The lowest BCUT2D eigenvalue weighted by molar-refractivity contribution is 0.00275. The molecule has 0 bridgehead atoms. The van der Waals surface area contributed by atoms with E-state index in [-0.39, 0.29) is 92.5 Å². The van der Waals surface area contributed by atoms with Gasteiger partial charge >= 0.3 is 0 Å². The molecule has 0 rings (SSSR count). The van der Waals surface area contributed by atoms with Gasteiger partial charge in [-0.15, -0.1) is 0 Å². The second-order valence-corrected chi connectivity index (χ2v) is 10.7. The molecule has 19 heteroatoms. The van der Waals surface area contributed by atoms with Crippen molar-refractivity contribution in [1.29, 1.82) is 0 Å². The van der Waals surface area contributed by atoms with Crippen LogP contribution < -0.4 is 0 Å². The predicted molar refractivity (Wildman–Crippen MR) is 173 cm³/mol. The maximum absolute atomic E-state index is 8.92. The largest absolute Gasteiger partial charge is 0.396 e. The van der Waals surface area contributed by atoms with Gasteiger partial charge in [0.15, 0.2) is 0 Å². The van der Waals surface area contributed by atoms with Crippen molar-refractivity contribution in [2.24, 2.45) is 10.8 Å². The highest BCUT2D eigenvalue weighted by Gasteiger charge is 2.25. The fourth-order valence-electron chi connectivity index (χ4n) is 2.09. The summed E-state index contributed by atoms with van der Waals surface area (Å²) >= 11 is 0. The maximum atomic E-state index is 8.92. The van der Waals surface area contributed by atoms with Crippen LogP contribution >= 0.6 is 0 Å². The monoisotopic (exact) mass is 722 g/mol. The summed E-state index contributed by atoms with van der Waals surface area (Å²) in [5.41, 5.74) is -1.33. The van der Waals surface area contributed by atoms with E-state index < -0.39 is 41.3 Å². The molecule has 0 spiro atoms. The second-order valence-electron chi connectivity index (χ2n) is 10.7. The number of aliphatic hydroxyl groups excluding tert-OH is 19. The fraction of sp³-hybridized carbons (Fsp3) is 1.00. The third-order valence-corrected chi connectivity index (χ3v) is 6.52. The smallest absolute Gasteiger partial charge is 0.100 e. The van der Waals surface area contributed by atoms with Gasteiger partial charge in [0.25, 0.3) is 0 Å². The van der Waals surface area contributed by atoms with Crippen molar-refractivity contribution in [3.63, 3.8) is 0 Å². The summed E-state index contributed by atoms with van der Waals surface area (Å²) in [6.45, 7) is 0.108. The van der Waals surface area contributed by atoms with Gasteiger partial charge in [-0.2, -0.15) is 0 Å². The Hall–Kier alpha value is -0.760. The van der Waals surface area contributed by atoms with E-state index in [9.17, 15) is 0 Å². The van der Waals surface area contributed by atoms with Crippen molar-refractivity contribution in [2.75, 3.05) is 92.5 Å². The van der Waals surface area contributed by atoms with Crippen LogP contribution in [0.3, 0.4) is 0 Å². The predicted octanol–water partition coefficient (Wildman–Crippen LogP) is -7.03. The van der Waals surface area contributed by atoms with Gasteiger partial charge < -0.3 is 97.0 Å². The lowest BCUT2D eigenvalue weighted by atomic mass is 9.88. The van der Waals surface area contributed by atoms with E-state index in [4.69, 9.17) is 97.0 Å². The molecule has 0 fully saturated rings.